The van der Waals surface area contributed by atoms with Gasteiger partial charge in [0.2, 0.25) is 15.9 Å². The molecule has 1 heterocycles. The Morgan fingerprint density at radius 1 is 1.24 bits per heavy atom. The Balaban J connectivity index is 1.61. The highest BCUT2D eigenvalue weighted by molar-refractivity contribution is 7.89. The minimum absolute atomic E-state index is 0.189. The molecular formula is C17H24N4O3S. The summed E-state index contributed by atoms with van der Waals surface area (Å²) in [7, 11) is -3.56. The Bertz CT molecular complexity index is 855. The molecule has 8 heteroatoms. The minimum atomic E-state index is -3.56. The third kappa shape index (κ3) is 3.91. The average molecular weight is 364 g/mol. The Morgan fingerprint density at radius 2 is 1.96 bits per heavy atom. The van der Waals surface area contributed by atoms with Crippen molar-refractivity contribution in [3.8, 4) is 0 Å². The molecular weight excluding hydrogens is 340 g/mol. The molecule has 0 atom stereocenters. The molecule has 2 aromatic rings. The fraction of sp³-hybridized carbons (Fsp3) is 0.529. The molecule has 0 radical (unpaired) electrons. The lowest BCUT2D eigenvalue weighted by atomic mass is 9.99. The van der Waals surface area contributed by atoms with E-state index < -0.39 is 15.6 Å². The molecule has 0 aliphatic heterocycles. The number of hydrogen-bond donors (Lipinski definition) is 2. The second-order valence-electron chi connectivity index (χ2n) is 6.77. The molecule has 0 amide bonds. The van der Waals surface area contributed by atoms with Crippen molar-refractivity contribution >= 4 is 10.0 Å². The summed E-state index contributed by atoms with van der Waals surface area (Å²) in [6.45, 7) is 4.02. The van der Waals surface area contributed by atoms with Gasteiger partial charge in [-0.1, -0.05) is 24.1 Å². The number of nitrogens with one attached hydrogen (secondary N) is 1. The summed E-state index contributed by atoms with van der Waals surface area (Å²) in [5, 5.41) is 3.98. The van der Waals surface area contributed by atoms with Crippen molar-refractivity contribution in [2.45, 2.75) is 56.4 Å². The van der Waals surface area contributed by atoms with Crippen LogP contribution in [0.3, 0.4) is 0 Å². The summed E-state index contributed by atoms with van der Waals surface area (Å²) >= 11 is 0. The molecule has 3 N–H and O–H groups in total. The van der Waals surface area contributed by atoms with Gasteiger partial charge in [0.1, 0.15) is 0 Å². The summed E-state index contributed by atoms with van der Waals surface area (Å²) in [5.41, 5.74) is 7.79. The van der Waals surface area contributed by atoms with Crippen molar-refractivity contribution in [1.29, 1.82) is 0 Å². The van der Waals surface area contributed by atoms with Crippen molar-refractivity contribution in [1.82, 2.24) is 14.9 Å². The molecule has 1 aromatic carbocycles. The number of sulfonamides is 1. The second kappa shape index (κ2) is 6.86. The maximum atomic E-state index is 12.4. The predicted octanol–water partition coefficient (Wildman–Crippen LogP) is 1.94. The Morgan fingerprint density at radius 3 is 2.64 bits per heavy atom. The molecule has 1 aromatic heterocycles. The smallest absolute Gasteiger partial charge is 0.240 e. The molecule has 1 aliphatic carbocycles. The van der Waals surface area contributed by atoms with E-state index in [-0.39, 0.29) is 11.4 Å². The van der Waals surface area contributed by atoms with Crippen molar-refractivity contribution in [2.24, 2.45) is 5.73 Å². The van der Waals surface area contributed by atoms with Gasteiger partial charge in [-0.05, 0) is 49.9 Å². The Hall–Kier alpha value is -1.77. The molecule has 3 rings (SSSR count). The summed E-state index contributed by atoms with van der Waals surface area (Å²) in [5.74, 6) is 0.923. The third-order valence-electron chi connectivity index (χ3n) is 4.83. The molecule has 136 valence electrons. The average Bonchev–Trinajstić information content (AvgIpc) is 3.20. The quantitative estimate of drug-likeness (QED) is 0.810. The van der Waals surface area contributed by atoms with Gasteiger partial charge in [-0.25, -0.2) is 13.1 Å². The standard InChI is InChI=1S/C17H24N4O3S/c1-12-5-6-14(11-13(12)2)25(22,23)19-10-7-15-20-16(21-24-15)17(18)8-3-4-9-17/h5-6,11,19H,3-4,7-10,18H2,1-2H3. The van der Waals surface area contributed by atoms with E-state index in [2.05, 4.69) is 14.9 Å². The molecule has 25 heavy (non-hydrogen) atoms. The summed E-state index contributed by atoms with van der Waals surface area (Å²) < 4.78 is 32.5. The highest BCUT2D eigenvalue weighted by Gasteiger charge is 2.35. The van der Waals surface area contributed by atoms with E-state index in [1.165, 1.54) is 0 Å². The minimum Gasteiger partial charge on any atom is -0.339 e. The van der Waals surface area contributed by atoms with Crippen LogP contribution in [0.4, 0.5) is 0 Å². The zero-order chi connectivity index (χ0) is 18.1. The normalized spacial score (nSPS) is 17.1. The maximum absolute atomic E-state index is 12.4. The van der Waals surface area contributed by atoms with Crippen molar-refractivity contribution in [3.05, 3.63) is 41.0 Å². The predicted molar refractivity (Wildman–Crippen MR) is 93.4 cm³/mol. The number of benzene rings is 1. The van der Waals surface area contributed by atoms with Gasteiger partial charge in [0.05, 0.1) is 10.4 Å². The van der Waals surface area contributed by atoms with Gasteiger partial charge in [0.25, 0.3) is 0 Å². The van der Waals surface area contributed by atoms with Crippen molar-refractivity contribution < 1.29 is 12.9 Å². The topological polar surface area (TPSA) is 111 Å². The molecule has 0 saturated heterocycles. The summed E-state index contributed by atoms with van der Waals surface area (Å²) in [6, 6.07) is 5.07. The van der Waals surface area contributed by atoms with Crippen LogP contribution in [0, 0.1) is 13.8 Å². The lowest BCUT2D eigenvalue weighted by molar-refractivity contribution is 0.348. The van der Waals surface area contributed by atoms with Gasteiger partial charge in [-0.3, -0.25) is 0 Å². The fourth-order valence-electron chi connectivity index (χ4n) is 3.04. The number of rotatable bonds is 6. The maximum Gasteiger partial charge on any atom is 0.240 e. The van der Waals surface area contributed by atoms with Crippen LogP contribution < -0.4 is 10.5 Å². The van der Waals surface area contributed by atoms with E-state index in [1.807, 2.05) is 13.8 Å². The lowest BCUT2D eigenvalue weighted by Crippen LogP contribution is -2.34. The van der Waals surface area contributed by atoms with E-state index >= 15 is 0 Å². The van der Waals surface area contributed by atoms with Gasteiger partial charge >= 0.3 is 0 Å². The number of aryl methyl sites for hydroxylation is 2. The van der Waals surface area contributed by atoms with Crippen LogP contribution in [-0.2, 0) is 22.0 Å². The van der Waals surface area contributed by atoms with Crippen LogP contribution >= 0.6 is 0 Å². The zero-order valence-electron chi connectivity index (χ0n) is 14.6. The second-order valence-corrected chi connectivity index (χ2v) is 8.54. The van der Waals surface area contributed by atoms with Gasteiger partial charge in [-0.2, -0.15) is 4.98 Å². The number of aromatic nitrogens is 2. The first kappa shape index (κ1) is 18.0. The molecule has 0 spiro atoms. The molecule has 0 unspecified atom stereocenters. The van der Waals surface area contributed by atoms with Gasteiger partial charge in [0.15, 0.2) is 5.82 Å². The first-order valence-electron chi connectivity index (χ1n) is 8.49. The first-order chi connectivity index (χ1) is 11.8. The highest BCUT2D eigenvalue weighted by Crippen LogP contribution is 2.34. The first-order valence-corrected chi connectivity index (χ1v) is 9.97. The largest absolute Gasteiger partial charge is 0.339 e. The molecule has 0 bridgehead atoms. The molecule has 1 aliphatic rings. The number of nitrogens with zero attached hydrogens (tertiary/aromatic N) is 2. The highest BCUT2D eigenvalue weighted by atomic mass is 32.2. The number of hydrogen-bond acceptors (Lipinski definition) is 6. The van der Waals surface area contributed by atoms with E-state index in [0.29, 0.717) is 18.1 Å². The third-order valence-corrected chi connectivity index (χ3v) is 6.29. The van der Waals surface area contributed by atoms with Crippen LogP contribution in [0.1, 0.15) is 48.5 Å². The monoisotopic (exact) mass is 364 g/mol. The molecule has 1 fully saturated rings. The van der Waals surface area contributed by atoms with E-state index in [9.17, 15) is 8.42 Å². The van der Waals surface area contributed by atoms with Crippen LogP contribution in [0.25, 0.3) is 0 Å². The summed E-state index contributed by atoms with van der Waals surface area (Å²) in [4.78, 5) is 4.60. The van der Waals surface area contributed by atoms with Crippen LogP contribution in [0.15, 0.2) is 27.6 Å². The molecule has 1 saturated carbocycles. The molecule has 7 nitrogen and oxygen atoms in total. The lowest BCUT2D eigenvalue weighted by Gasteiger charge is -2.17. The summed E-state index contributed by atoms with van der Waals surface area (Å²) in [6.07, 6.45) is 4.16. The Kier molecular flexibility index (Phi) is 4.95. The van der Waals surface area contributed by atoms with Crippen LogP contribution in [-0.4, -0.2) is 25.1 Å². The van der Waals surface area contributed by atoms with Crippen LogP contribution in [0.2, 0.25) is 0 Å². The van der Waals surface area contributed by atoms with E-state index in [0.717, 1.165) is 36.8 Å². The van der Waals surface area contributed by atoms with Crippen LogP contribution in [0.5, 0.6) is 0 Å². The van der Waals surface area contributed by atoms with E-state index in [4.69, 9.17) is 10.3 Å². The van der Waals surface area contributed by atoms with Crippen molar-refractivity contribution in [2.75, 3.05) is 6.54 Å². The zero-order valence-corrected chi connectivity index (χ0v) is 15.4. The van der Waals surface area contributed by atoms with Gasteiger partial charge in [0, 0.05) is 13.0 Å². The SMILES string of the molecule is Cc1ccc(S(=O)(=O)NCCc2nc(C3(N)CCCC3)no2)cc1C. The fourth-order valence-corrected chi connectivity index (χ4v) is 4.16. The van der Waals surface area contributed by atoms with E-state index in [1.54, 1.807) is 18.2 Å². The van der Waals surface area contributed by atoms with Gasteiger partial charge < -0.3 is 10.3 Å². The van der Waals surface area contributed by atoms with Crippen molar-refractivity contribution in [3.63, 3.8) is 0 Å². The van der Waals surface area contributed by atoms with Gasteiger partial charge in [-0.15, -0.1) is 0 Å². The Labute approximate surface area is 148 Å². The number of nitrogens with two attached hydrogens (primary N) is 1.